The molecule has 1 rings (SSSR count). The van der Waals surface area contributed by atoms with E-state index in [1.54, 1.807) is 27.7 Å². The van der Waals surface area contributed by atoms with Crippen LogP contribution >= 0.6 is 0 Å². The van der Waals surface area contributed by atoms with Gasteiger partial charge in [-0.2, -0.15) is 0 Å². The topological polar surface area (TPSA) is 109 Å². The first kappa shape index (κ1) is 30.1. The molecule has 0 aliphatic carbocycles. The molecule has 1 unspecified atom stereocenters. The van der Waals surface area contributed by atoms with Crippen LogP contribution in [0, 0.1) is 10.1 Å². The van der Waals surface area contributed by atoms with Crippen LogP contribution in [0.1, 0.15) is 98.7 Å². The van der Waals surface area contributed by atoms with Gasteiger partial charge in [0.25, 0.3) is 5.69 Å². The summed E-state index contributed by atoms with van der Waals surface area (Å²) in [5.41, 5.74) is -0.0345. The molecular formula is C26H42N2O7. The second-order valence-corrected chi connectivity index (χ2v) is 8.90. The molecule has 0 bridgehead atoms. The summed E-state index contributed by atoms with van der Waals surface area (Å²) in [6.45, 7) is 13.0. The molecule has 198 valence electrons. The maximum Gasteiger partial charge on any atom is 0.407 e. The molecule has 0 heterocycles. The second-order valence-electron chi connectivity index (χ2n) is 8.90. The third kappa shape index (κ3) is 10.0. The molecule has 35 heavy (non-hydrogen) atoms. The molecule has 0 saturated heterocycles. The number of nitro groups is 1. The maximum atomic E-state index is 12.0. The van der Waals surface area contributed by atoms with Crippen LogP contribution < -0.4 is 14.8 Å². The quantitative estimate of drug-likeness (QED) is 0.156. The molecular weight excluding hydrogens is 452 g/mol. The van der Waals surface area contributed by atoms with Gasteiger partial charge < -0.3 is 24.3 Å². The highest BCUT2D eigenvalue weighted by Gasteiger charge is 2.26. The Balaban J connectivity index is 3.20. The Morgan fingerprint density at radius 2 is 1.60 bits per heavy atom. The van der Waals surface area contributed by atoms with Crippen molar-refractivity contribution in [3.63, 3.8) is 0 Å². The minimum atomic E-state index is -0.878. The summed E-state index contributed by atoms with van der Waals surface area (Å²) < 4.78 is 22.9. The normalized spacial score (nSPS) is 12.7. The molecule has 0 saturated carbocycles. The van der Waals surface area contributed by atoms with Gasteiger partial charge in [0.15, 0.2) is 11.5 Å². The van der Waals surface area contributed by atoms with Gasteiger partial charge in [0, 0.05) is 6.04 Å². The fourth-order valence-electron chi connectivity index (χ4n) is 3.48. The fraction of sp³-hybridized carbons (Fsp3) is 0.654. The highest BCUT2D eigenvalue weighted by Crippen LogP contribution is 2.39. The zero-order chi connectivity index (χ0) is 26.5. The summed E-state index contributed by atoms with van der Waals surface area (Å²) >= 11 is 0. The lowest BCUT2D eigenvalue weighted by Crippen LogP contribution is -2.31. The minimum absolute atomic E-state index is 0.0991. The van der Waals surface area contributed by atoms with Gasteiger partial charge in [0.1, 0.15) is 17.6 Å². The number of benzene rings is 1. The number of carbonyl (C=O) groups excluding carboxylic acids is 1. The third-order valence-corrected chi connectivity index (χ3v) is 5.50. The molecule has 9 nitrogen and oxygen atoms in total. The van der Waals surface area contributed by atoms with Crippen LogP contribution in [0.5, 0.6) is 11.5 Å². The van der Waals surface area contributed by atoms with Crippen molar-refractivity contribution < 1.29 is 28.7 Å². The van der Waals surface area contributed by atoms with E-state index in [1.807, 2.05) is 6.92 Å². The van der Waals surface area contributed by atoms with Gasteiger partial charge in [0.2, 0.25) is 0 Å². The van der Waals surface area contributed by atoms with E-state index in [2.05, 4.69) is 19.2 Å². The Morgan fingerprint density at radius 3 is 2.09 bits per heavy atom. The lowest BCUT2D eigenvalue weighted by Gasteiger charge is -2.21. The third-order valence-electron chi connectivity index (χ3n) is 5.50. The van der Waals surface area contributed by atoms with E-state index < -0.39 is 17.1 Å². The molecule has 0 aliphatic rings. The largest absolute Gasteiger partial charge is 0.493 e. The first-order chi connectivity index (χ1) is 16.5. The smallest absolute Gasteiger partial charge is 0.407 e. The van der Waals surface area contributed by atoms with E-state index in [4.69, 9.17) is 18.9 Å². The summed E-state index contributed by atoms with van der Waals surface area (Å²) in [5, 5.41) is 14.4. The Hall–Kier alpha value is -2.97. The number of ether oxygens (including phenoxy) is 4. The Bertz CT molecular complexity index is 860. The number of nitro benzene ring substituents is 1. The number of carbonyl (C=O) groups is 1. The van der Waals surface area contributed by atoms with Crippen LogP contribution in [0.15, 0.2) is 23.7 Å². The minimum Gasteiger partial charge on any atom is -0.493 e. The van der Waals surface area contributed by atoms with Gasteiger partial charge in [0.05, 0.1) is 29.8 Å². The van der Waals surface area contributed by atoms with Gasteiger partial charge in [-0.1, -0.05) is 39.5 Å². The van der Waals surface area contributed by atoms with Crippen molar-refractivity contribution >= 4 is 11.8 Å². The predicted molar refractivity (Wildman–Crippen MR) is 136 cm³/mol. The average Bonchev–Trinajstić information content (AvgIpc) is 2.79. The van der Waals surface area contributed by atoms with Crippen LogP contribution in [-0.4, -0.2) is 30.3 Å². The van der Waals surface area contributed by atoms with Crippen molar-refractivity contribution in [1.29, 1.82) is 0 Å². The number of rotatable bonds is 15. The van der Waals surface area contributed by atoms with E-state index in [-0.39, 0.29) is 34.9 Å². The van der Waals surface area contributed by atoms with Crippen molar-refractivity contribution in [1.82, 2.24) is 5.32 Å². The van der Waals surface area contributed by atoms with Crippen molar-refractivity contribution in [3.05, 3.63) is 39.3 Å². The molecule has 0 radical (unpaired) electrons. The van der Waals surface area contributed by atoms with E-state index in [0.717, 1.165) is 38.5 Å². The van der Waals surface area contributed by atoms with Crippen molar-refractivity contribution in [2.24, 2.45) is 0 Å². The lowest BCUT2D eigenvalue weighted by atomic mass is 10.1. The molecule has 1 amide bonds. The summed E-state index contributed by atoms with van der Waals surface area (Å²) in [4.78, 5) is 23.3. The van der Waals surface area contributed by atoms with Crippen LogP contribution in [-0.2, 0) is 9.47 Å². The van der Waals surface area contributed by atoms with Gasteiger partial charge in [-0.25, -0.2) is 4.79 Å². The Labute approximate surface area is 209 Å². The average molecular weight is 495 g/mol. The first-order valence-corrected chi connectivity index (χ1v) is 12.4. The first-order valence-electron chi connectivity index (χ1n) is 12.4. The van der Waals surface area contributed by atoms with Gasteiger partial charge in [-0.05, 0) is 53.5 Å². The molecule has 9 heteroatoms. The Kier molecular flexibility index (Phi) is 13.0. The monoisotopic (exact) mass is 494 g/mol. The van der Waals surface area contributed by atoms with Crippen LogP contribution in [0.25, 0.3) is 0 Å². The molecule has 1 aromatic carbocycles. The number of unbranched alkanes of at least 4 members (excludes halogenated alkanes) is 2. The lowest BCUT2D eigenvalue weighted by molar-refractivity contribution is -0.386. The standard InChI is InChI=1S/C26H42N2O7/c1-9-11-13-21(14-12-10-2)33-18(5)19(6)34-25-16-23(28(30)31)22(15-24(25)32-8)20(7)35-26(29)27-17(3)4/h15-17,20-21H,9-14H2,1-8H3,(H,27,29)/b19-18+. The summed E-state index contributed by atoms with van der Waals surface area (Å²) in [5.74, 6) is 1.58. The van der Waals surface area contributed by atoms with Gasteiger partial charge >= 0.3 is 6.09 Å². The van der Waals surface area contributed by atoms with Gasteiger partial charge in [-0.3, -0.25) is 10.1 Å². The maximum absolute atomic E-state index is 12.0. The van der Waals surface area contributed by atoms with E-state index in [0.29, 0.717) is 11.5 Å². The van der Waals surface area contributed by atoms with Crippen molar-refractivity contribution in [2.75, 3.05) is 7.11 Å². The molecule has 0 spiro atoms. The number of hydrogen-bond acceptors (Lipinski definition) is 7. The zero-order valence-electron chi connectivity index (χ0n) is 22.4. The number of hydrogen-bond donors (Lipinski definition) is 1. The second kappa shape index (κ2) is 15.1. The number of nitrogens with zero attached hydrogens (tertiary/aromatic N) is 1. The molecule has 0 fully saturated rings. The molecule has 0 aromatic heterocycles. The van der Waals surface area contributed by atoms with Gasteiger partial charge in [-0.15, -0.1) is 0 Å². The number of alkyl carbamates (subject to hydrolysis) is 1. The van der Waals surface area contributed by atoms with Crippen molar-refractivity contribution in [3.8, 4) is 11.5 Å². The highest BCUT2D eigenvalue weighted by molar-refractivity contribution is 5.68. The predicted octanol–water partition coefficient (Wildman–Crippen LogP) is 7.19. The number of methoxy groups -OCH3 is 1. The number of amides is 1. The SMILES string of the molecule is CCCCC(CCCC)O/C(C)=C(\C)Oc1cc([N+](=O)[O-])c(C(C)OC(=O)NC(C)C)cc1OC. The van der Waals surface area contributed by atoms with E-state index >= 15 is 0 Å². The molecule has 1 atom stereocenters. The fourth-order valence-corrected chi connectivity index (χ4v) is 3.48. The number of allylic oxidation sites excluding steroid dienone is 2. The molecule has 1 N–H and O–H groups in total. The summed E-state index contributed by atoms with van der Waals surface area (Å²) in [6, 6.07) is 2.63. The number of nitrogens with one attached hydrogen (secondary N) is 1. The van der Waals surface area contributed by atoms with Crippen molar-refractivity contribution in [2.45, 2.75) is 105 Å². The Morgan fingerprint density at radius 1 is 1.00 bits per heavy atom. The van der Waals surface area contributed by atoms with Crippen LogP contribution in [0.4, 0.5) is 10.5 Å². The van der Waals surface area contributed by atoms with Crippen LogP contribution in [0.3, 0.4) is 0 Å². The van der Waals surface area contributed by atoms with E-state index in [9.17, 15) is 14.9 Å². The highest BCUT2D eigenvalue weighted by atomic mass is 16.6. The molecule has 0 aliphatic heterocycles. The zero-order valence-corrected chi connectivity index (χ0v) is 22.4. The molecule has 1 aromatic rings. The summed E-state index contributed by atoms with van der Waals surface area (Å²) in [7, 11) is 1.45. The van der Waals surface area contributed by atoms with Crippen LogP contribution in [0.2, 0.25) is 0 Å². The van der Waals surface area contributed by atoms with E-state index in [1.165, 1.54) is 19.2 Å². The summed E-state index contributed by atoms with van der Waals surface area (Å²) in [6.07, 6.45) is 4.85.